The number of hydrogen-bond acceptors (Lipinski definition) is 1. The van der Waals surface area contributed by atoms with Gasteiger partial charge in [-0.3, -0.25) is 0 Å². The van der Waals surface area contributed by atoms with E-state index in [1.807, 2.05) is 6.07 Å². The Bertz CT molecular complexity index is 269. The molecule has 1 aromatic carbocycles. The predicted molar refractivity (Wildman–Crippen MR) is 55.1 cm³/mol. The fourth-order valence-corrected chi connectivity index (χ4v) is 1.52. The van der Waals surface area contributed by atoms with Gasteiger partial charge < -0.3 is 4.74 Å². The van der Waals surface area contributed by atoms with Crippen LogP contribution in [0.2, 0.25) is 0 Å². The van der Waals surface area contributed by atoms with Gasteiger partial charge in [-0.2, -0.15) is 0 Å². The molecule has 0 amide bonds. The molecule has 1 unspecified atom stereocenters. The van der Waals surface area contributed by atoms with Crippen LogP contribution in [0, 0.1) is 6.92 Å². The van der Waals surface area contributed by atoms with Crippen LogP contribution in [0.25, 0.3) is 0 Å². The number of alkyl halides is 1. The summed E-state index contributed by atoms with van der Waals surface area (Å²) in [4.78, 5) is 0.340. The van der Waals surface area contributed by atoms with Crippen LogP contribution in [0.15, 0.2) is 18.2 Å². The Hall–Kier alpha value is -0.500. The van der Waals surface area contributed by atoms with Gasteiger partial charge in [0.05, 0.1) is 7.11 Å². The van der Waals surface area contributed by atoms with Crippen LogP contribution < -0.4 is 4.74 Å². The van der Waals surface area contributed by atoms with Crippen LogP contribution in [-0.4, -0.2) is 7.11 Å². The Morgan fingerprint density at radius 2 is 2.08 bits per heavy atom. The third-order valence-corrected chi connectivity index (χ3v) is 2.31. The lowest BCUT2D eigenvalue weighted by molar-refractivity contribution is 0.410. The Balaban J connectivity index is 3.12. The monoisotopic (exact) mass is 228 g/mol. The van der Waals surface area contributed by atoms with E-state index >= 15 is 0 Å². The first kappa shape index (κ1) is 9.59. The van der Waals surface area contributed by atoms with Gasteiger partial charge in [0.1, 0.15) is 5.75 Å². The van der Waals surface area contributed by atoms with E-state index in [1.165, 1.54) is 11.1 Å². The van der Waals surface area contributed by atoms with Crippen molar-refractivity contribution in [1.82, 2.24) is 0 Å². The van der Waals surface area contributed by atoms with Gasteiger partial charge >= 0.3 is 0 Å². The van der Waals surface area contributed by atoms with Crippen LogP contribution in [-0.2, 0) is 0 Å². The smallest absolute Gasteiger partial charge is 0.123 e. The Kier molecular flexibility index (Phi) is 3.15. The zero-order valence-corrected chi connectivity index (χ0v) is 9.18. The number of aryl methyl sites for hydroxylation is 1. The van der Waals surface area contributed by atoms with Crippen molar-refractivity contribution in [2.24, 2.45) is 0 Å². The van der Waals surface area contributed by atoms with Crippen LogP contribution in [0.1, 0.15) is 22.9 Å². The molecule has 0 N–H and O–H groups in total. The molecular formula is C10H13BrO. The van der Waals surface area contributed by atoms with Crippen LogP contribution >= 0.6 is 15.9 Å². The minimum absolute atomic E-state index is 0.340. The number of halogens is 1. The molecule has 0 saturated heterocycles. The van der Waals surface area contributed by atoms with Gasteiger partial charge in [0, 0.05) is 10.4 Å². The van der Waals surface area contributed by atoms with Gasteiger partial charge in [-0.15, -0.1) is 0 Å². The van der Waals surface area contributed by atoms with E-state index in [9.17, 15) is 0 Å². The maximum absolute atomic E-state index is 5.23. The molecule has 0 saturated carbocycles. The summed E-state index contributed by atoms with van der Waals surface area (Å²) in [6.07, 6.45) is 0. The first-order valence-electron chi connectivity index (χ1n) is 3.93. The van der Waals surface area contributed by atoms with Crippen molar-refractivity contribution in [3.05, 3.63) is 29.3 Å². The largest absolute Gasteiger partial charge is 0.496 e. The molecule has 0 heterocycles. The minimum atomic E-state index is 0.340. The molecule has 1 aromatic rings. The second-order valence-corrected chi connectivity index (χ2v) is 4.23. The van der Waals surface area contributed by atoms with E-state index in [-0.39, 0.29) is 0 Å². The van der Waals surface area contributed by atoms with Gasteiger partial charge in [0.25, 0.3) is 0 Å². The van der Waals surface area contributed by atoms with Crippen molar-refractivity contribution in [3.63, 3.8) is 0 Å². The normalized spacial score (nSPS) is 12.7. The van der Waals surface area contributed by atoms with Crippen LogP contribution in [0.5, 0.6) is 5.75 Å². The molecular weight excluding hydrogens is 216 g/mol. The van der Waals surface area contributed by atoms with Gasteiger partial charge in [0.15, 0.2) is 0 Å². The number of benzene rings is 1. The first-order valence-corrected chi connectivity index (χ1v) is 4.85. The van der Waals surface area contributed by atoms with Crippen LogP contribution in [0.4, 0.5) is 0 Å². The lowest BCUT2D eigenvalue weighted by Crippen LogP contribution is -1.92. The molecule has 0 bridgehead atoms. The first-order chi connectivity index (χ1) is 5.65. The highest BCUT2D eigenvalue weighted by Crippen LogP contribution is 2.30. The average Bonchev–Trinajstić information content (AvgIpc) is 2.04. The number of hydrogen-bond donors (Lipinski definition) is 0. The van der Waals surface area contributed by atoms with E-state index in [2.05, 4.69) is 41.9 Å². The molecule has 0 aliphatic rings. The maximum Gasteiger partial charge on any atom is 0.123 e. The lowest BCUT2D eigenvalue weighted by atomic mass is 10.1. The van der Waals surface area contributed by atoms with Crippen molar-refractivity contribution in [2.75, 3.05) is 7.11 Å². The molecule has 66 valence electrons. The molecule has 1 rings (SSSR count). The van der Waals surface area contributed by atoms with Gasteiger partial charge in [-0.25, -0.2) is 0 Å². The van der Waals surface area contributed by atoms with Crippen molar-refractivity contribution >= 4 is 15.9 Å². The number of methoxy groups -OCH3 is 1. The molecule has 0 aromatic heterocycles. The van der Waals surface area contributed by atoms with Crippen molar-refractivity contribution < 1.29 is 4.74 Å². The Morgan fingerprint density at radius 1 is 1.42 bits per heavy atom. The third-order valence-electron chi connectivity index (χ3n) is 1.81. The summed E-state index contributed by atoms with van der Waals surface area (Å²) in [6.45, 7) is 4.18. The molecule has 0 aliphatic carbocycles. The maximum atomic E-state index is 5.23. The molecule has 12 heavy (non-hydrogen) atoms. The summed E-state index contributed by atoms with van der Waals surface area (Å²) in [7, 11) is 1.70. The fourth-order valence-electron chi connectivity index (χ4n) is 1.16. The molecule has 0 spiro atoms. The number of ether oxygens (including phenoxy) is 1. The van der Waals surface area contributed by atoms with Crippen molar-refractivity contribution in [2.45, 2.75) is 18.7 Å². The second kappa shape index (κ2) is 3.94. The van der Waals surface area contributed by atoms with Gasteiger partial charge in [-0.1, -0.05) is 33.6 Å². The van der Waals surface area contributed by atoms with E-state index in [4.69, 9.17) is 4.74 Å². The summed E-state index contributed by atoms with van der Waals surface area (Å²) >= 11 is 3.53. The highest BCUT2D eigenvalue weighted by atomic mass is 79.9. The Morgan fingerprint density at radius 3 is 2.58 bits per heavy atom. The van der Waals surface area contributed by atoms with Crippen molar-refractivity contribution in [1.29, 1.82) is 0 Å². The van der Waals surface area contributed by atoms with E-state index in [0.717, 1.165) is 5.75 Å². The minimum Gasteiger partial charge on any atom is -0.496 e. The zero-order valence-electron chi connectivity index (χ0n) is 7.60. The summed E-state index contributed by atoms with van der Waals surface area (Å²) in [6, 6.07) is 6.19. The number of rotatable bonds is 2. The average molecular weight is 229 g/mol. The molecule has 1 atom stereocenters. The molecule has 0 aliphatic heterocycles. The fraction of sp³-hybridized carbons (Fsp3) is 0.400. The van der Waals surface area contributed by atoms with Gasteiger partial charge in [0.2, 0.25) is 0 Å². The molecule has 2 heteroatoms. The second-order valence-electron chi connectivity index (χ2n) is 2.86. The molecule has 0 fully saturated rings. The highest BCUT2D eigenvalue weighted by molar-refractivity contribution is 9.09. The van der Waals surface area contributed by atoms with E-state index in [0.29, 0.717) is 4.83 Å². The van der Waals surface area contributed by atoms with E-state index < -0.39 is 0 Å². The SMILES string of the molecule is COc1ccc(C)cc1C(C)Br. The van der Waals surface area contributed by atoms with Gasteiger partial charge in [-0.05, 0) is 19.9 Å². The standard InChI is InChI=1S/C10H13BrO/c1-7-4-5-10(12-3)9(6-7)8(2)11/h4-6,8H,1-3H3. The van der Waals surface area contributed by atoms with Crippen molar-refractivity contribution in [3.8, 4) is 5.75 Å². The predicted octanol–water partition coefficient (Wildman–Crippen LogP) is 3.46. The van der Waals surface area contributed by atoms with Crippen LogP contribution in [0.3, 0.4) is 0 Å². The summed E-state index contributed by atoms with van der Waals surface area (Å²) in [5.74, 6) is 0.949. The topological polar surface area (TPSA) is 9.23 Å². The molecule has 0 radical (unpaired) electrons. The lowest BCUT2D eigenvalue weighted by Gasteiger charge is -2.10. The molecule has 1 nitrogen and oxygen atoms in total. The summed E-state index contributed by atoms with van der Waals surface area (Å²) < 4.78 is 5.23. The third kappa shape index (κ3) is 2.01. The summed E-state index contributed by atoms with van der Waals surface area (Å²) in [5.41, 5.74) is 2.47. The van der Waals surface area contributed by atoms with E-state index in [1.54, 1.807) is 7.11 Å². The highest BCUT2D eigenvalue weighted by Gasteiger charge is 2.07. The Labute approximate surface area is 81.9 Å². The summed E-state index contributed by atoms with van der Waals surface area (Å²) in [5, 5.41) is 0. The quantitative estimate of drug-likeness (QED) is 0.705. The zero-order chi connectivity index (χ0) is 9.14.